The second-order valence-electron chi connectivity index (χ2n) is 9.95. The van der Waals surface area contributed by atoms with Gasteiger partial charge in [-0.3, -0.25) is 14.7 Å². The van der Waals surface area contributed by atoms with Gasteiger partial charge in [0.05, 0.1) is 29.0 Å². The SMILES string of the molecule is COCc1cc(-c2ccc3nc(Cc4cc(CN5CCN(C(=O)C6CC6)CC5)ccn4)[nH]c3c2)ncn1. The molecule has 0 spiro atoms. The Kier molecular flexibility index (Phi) is 6.63. The minimum atomic E-state index is 0.306. The van der Waals surface area contributed by atoms with Crippen molar-refractivity contribution in [3.8, 4) is 11.3 Å². The number of imidazole rings is 1. The van der Waals surface area contributed by atoms with Gasteiger partial charge in [0.15, 0.2) is 0 Å². The highest BCUT2D eigenvalue weighted by molar-refractivity contribution is 5.81. The van der Waals surface area contributed by atoms with E-state index < -0.39 is 0 Å². The van der Waals surface area contributed by atoms with E-state index in [9.17, 15) is 4.79 Å². The van der Waals surface area contributed by atoms with Gasteiger partial charge in [0.1, 0.15) is 12.2 Å². The van der Waals surface area contributed by atoms with E-state index in [1.54, 1.807) is 13.4 Å². The third-order valence-corrected chi connectivity index (χ3v) is 7.09. The summed E-state index contributed by atoms with van der Waals surface area (Å²) in [4.78, 5) is 38.3. The first-order valence-corrected chi connectivity index (χ1v) is 12.9. The topological polar surface area (TPSA) is 100 Å². The molecule has 9 heteroatoms. The Bertz CT molecular complexity index is 1410. The molecule has 1 amide bonds. The Labute approximate surface area is 215 Å². The summed E-state index contributed by atoms with van der Waals surface area (Å²) in [6, 6.07) is 12.3. The highest BCUT2D eigenvalue weighted by Crippen LogP contribution is 2.31. The van der Waals surface area contributed by atoms with Gasteiger partial charge < -0.3 is 14.6 Å². The van der Waals surface area contributed by atoms with Crippen LogP contribution in [-0.4, -0.2) is 73.9 Å². The first-order chi connectivity index (χ1) is 18.1. The Balaban J connectivity index is 1.11. The summed E-state index contributed by atoms with van der Waals surface area (Å²) in [5.41, 5.74) is 6.81. The van der Waals surface area contributed by atoms with E-state index >= 15 is 0 Å². The van der Waals surface area contributed by atoms with Crippen molar-refractivity contribution in [3.63, 3.8) is 0 Å². The number of piperazine rings is 1. The Morgan fingerprint density at radius 1 is 1.03 bits per heavy atom. The van der Waals surface area contributed by atoms with E-state index in [1.165, 1.54) is 5.56 Å². The van der Waals surface area contributed by atoms with Crippen molar-refractivity contribution in [2.45, 2.75) is 32.4 Å². The lowest BCUT2D eigenvalue weighted by Gasteiger charge is -2.35. The quantitative estimate of drug-likeness (QED) is 0.399. The fourth-order valence-electron chi connectivity index (χ4n) is 4.96. The van der Waals surface area contributed by atoms with Crippen LogP contribution in [0.1, 0.15) is 35.6 Å². The van der Waals surface area contributed by atoms with Crippen molar-refractivity contribution in [1.29, 1.82) is 0 Å². The zero-order chi connectivity index (χ0) is 25.2. The van der Waals surface area contributed by atoms with Gasteiger partial charge in [0.2, 0.25) is 5.91 Å². The molecule has 2 fully saturated rings. The molecule has 0 radical (unpaired) electrons. The molecule has 3 aromatic heterocycles. The number of rotatable bonds is 8. The van der Waals surface area contributed by atoms with Crippen LogP contribution in [0.25, 0.3) is 22.3 Å². The number of amides is 1. The number of carbonyl (C=O) groups excluding carboxylic acids is 1. The number of hydrogen-bond donors (Lipinski definition) is 1. The molecule has 1 aliphatic heterocycles. The molecule has 1 N–H and O–H groups in total. The lowest BCUT2D eigenvalue weighted by Crippen LogP contribution is -2.48. The van der Waals surface area contributed by atoms with E-state index in [4.69, 9.17) is 9.72 Å². The van der Waals surface area contributed by atoms with E-state index in [2.05, 4.69) is 43.0 Å². The minimum Gasteiger partial charge on any atom is -0.378 e. The summed E-state index contributed by atoms with van der Waals surface area (Å²) in [5, 5.41) is 0. The Morgan fingerprint density at radius 3 is 2.70 bits per heavy atom. The molecule has 1 saturated heterocycles. The van der Waals surface area contributed by atoms with Crippen LogP contribution >= 0.6 is 0 Å². The predicted molar refractivity (Wildman–Crippen MR) is 139 cm³/mol. The second-order valence-corrected chi connectivity index (χ2v) is 9.95. The van der Waals surface area contributed by atoms with Gasteiger partial charge in [-0.15, -0.1) is 0 Å². The summed E-state index contributed by atoms with van der Waals surface area (Å²) in [5.74, 6) is 1.55. The molecule has 9 nitrogen and oxygen atoms in total. The number of methoxy groups -OCH3 is 1. The largest absolute Gasteiger partial charge is 0.378 e. The van der Waals surface area contributed by atoms with Gasteiger partial charge in [0.25, 0.3) is 0 Å². The van der Waals surface area contributed by atoms with Crippen molar-refractivity contribution in [1.82, 2.24) is 34.7 Å². The molecule has 190 valence electrons. The number of aromatic amines is 1. The lowest BCUT2D eigenvalue weighted by atomic mass is 10.1. The zero-order valence-electron chi connectivity index (χ0n) is 21.1. The number of ether oxygens (including phenoxy) is 1. The minimum absolute atomic E-state index is 0.306. The number of pyridine rings is 1. The van der Waals surface area contributed by atoms with Gasteiger partial charge >= 0.3 is 0 Å². The van der Waals surface area contributed by atoms with Gasteiger partial charge in [-0.2, -0.15) is 0 Å². The van der Waals surface area contributed by atoms with Gasteiger partial charge in [-0.25, -0.2) is 15.0 Å². The van der Waals surface area contributed by atoms with Gasteiger partial charge in [-0.05, 0) is 48.7 Å². The van der Waals surface area contributed by atoms with E-state index in [-0.39, 0.29) is 0 Å². The summed E-state index contributed by atoms with van der Waals surface area (Å²) in [6.45, 7) is 4.82. The van der Waals surface area contributed by atoms with Gasteiger partial charge in [-0.1, -0.05) is 6.07 Å². The van der Waals surface area contributed by atoms with Crippen molar-refractivity contribution in [2.75, 3.05) is 33.3 Å². The molecule has 0 unspecified atom stereocenters. The maximum absolute atomic E-state index is 12.3. The van der Waals surface area contributed by atoms with Crippen LogP contribution < -0.4 is 0 Å². The van der Waals surface area contributed by atoms with Gasteiger partial charge in [0, 0.05) is 69.6 Å². The number of aromatic nitrogens is 5. The number of H-pyrrole nitrogens is 1. The normalized spacial score (nSPS) is 16.4. The number of hydrogen-bond acceptors (Lipinski definition) is 7. The molecule has 0 atom stereocenters. The summed E-state index contributed by atoms with van der Waals surface area (Å²) in [7, 11) is 1.66. The molecule has 6 rings (SSSR count). The van der Waals surface area contributed by atoms with Crippen LogP contribution in [0.2, 0.25) is 0 Å². The number of fused-ring (bicyclic) bond motifs is 1. The smallest absolute Gasteiger partial charge is 0.225 e. The van der Waals surface area contributed by atoms with Crippen LogP contribution in [0.15, 0.2) is 48.9 Å². The second kappa shape index (κ2) is 10.4. The van der Waals surface area contributed by atoms with Crippen molar-refractivity contribution in [2.24, 2.45) is 5.92 Å². The number of carbonyl (C=O) groups is 1. The number of benzene rings is 1. The first kappa shape index (κ1) is 23.7. The van der Waals surface area contributed by atoms with Crippen LogP contribution in [0.4, 0.5) is 0 Å². The number of nitrogens with zero attached hydrogens (tertiary/aromatic N) is 6. The third-order valence-electron chi connectivity index (χ3n) is 7.09. The van der Waals surface area contributed by atoms with E-state index in [1.807, 2.05) is 29.3 Å². The third kappa shape index (κ3) is 5.52. The summed E-state index contributed by atoms with van der Waals surface area (Å²) < 4.78 is 5.19. The molecule has 37 heavy (non-hydrogen) atoms. The molecule has 1 aliphatic carbocycles. The average molecular weight is 498 g/mol. The highest BCUT2D eigenvalue weighted by atomic mass is 16.5. The fourth-order valence-corrected chi connectivity index (χ4v) is 4.96. The molecule has 0 bridgehead atoms. The lowest BCUT2D eigenvalue weighted by molar-refractivity contribution is -0.134. The van der Waals surface area contributed by atoms with Crippen molar-refractivity contribution in [3.05, 3.63) is 71.7 Å². The van der Waals surface area contributed by atoms with Crippen LogP contribution in [0.3, 0.4) is 0 Å². The van der Waals surface area contributed by atoms with Crippen LogP contribution in [0, 0.1) is 5.92 Å². The van der Waals surface area contributed by atoms with Crippen molar-refractivity contribution >= 4 is 16.9 Å². The molecular weight excluding hydrogens is 466 g/mol. The fraction of sp³-hybridized carbons (Fsp3) is 0.393. The van der Waals surface area contributed by atoms with Crippen molar-refractivity contribution < 1.29 is 9.53 Å². The molecule has 1 saturated carbocycles. The summed E-state index contributed by atoms with van der Waals surface area (Å²) >= 11 is 0. The predicted octanol–water partition coefficient (Wildman–Crippen LogP) is 3.21. The Morgan fingerprint density at radius 2 is 1.89 bits per heavy atom. The van der Waals surface area contributed by atoms with Crippen LogP contribution in [0.5, 0.6) is 0 Å². The highest BCUT2D eigenvalue weighted by Gasteiger charge is 2.34. The van der Waals surface area contributed by atoms with E-state index in [0.717, 1.165) is 85.1 Å². The average Bonchev–Trinajstić information content (AvgIpc) is 3.69. The molecule has 4 heterocycles. The Hall–Kier alpha value is -3.69. The standard InChI is InChI=1S/C28H31N7O2/c1-37-17-23-14-25(31-18-30-23)21-4-5-24-26(13-21)33-27(32-24)15-22-12-19(6-7-29-22)16-34-8-10-35(11-9-34)28(36)20-2-3-20/h4-7,12-14,18,20H,2-3,8-11,15-17H2,1H3,(H,32,33). The molecule has 2 aliphatic rings. The number of nitrogens with one attached hydrogen (secondary N) is 1. The summed E-state index contributed by atoms with van der Waals surface area (Å²) in [6.07, 6.45) is 6.22. The monoisotopic (exact) mass is 497 g/mol. The maximum atomic E-state index is 12.3. The molecule has 1 aromatic carbocycles. The van der Waals surface area contributed by atoms with E-state index in [0.29, 0.717) is 24.9 Å². The van der Waals surface area contributed by atoms with Crippen LogP contribution in [-0.2, 0) is 29.1 Å². The molecule has 4 aromatic rings. The maximum Gasteiger partial charge on any atom is 0.225 e. The first-order valence-electron chi connectivity index (χ1n) is 12.9. The molecular formula is C28H31N7O2. The zero-order valence-corrected chi connectivity index (χ0v) is 21.1.